The van der Waals surface area contributed by atoms with Crippen LogP contribution in [-0.4, -0.2) is 60.5 Å². The molecule has 1 aliphatic heterocycles. The Morgan fingerprint density at radius 1 is 1.27 bits per heavy atom. The lowest BCUT2D eigenvalue weighted by atomic mass is 9.95. The van der Waals surface area contributed by atoms with E-state index in [1.165, 1.54) is 6.42 Å². The number of nitrogens with one attached hydrogen (secondary N) is 1. The number of carbonyl (C=O) groups excluding carboxylic acids is 1. The maximum Gasteiger partial charge on any atom is 0.317 e. The lowest BCUT2D eigenvalue weighted by molar-refractivity contribution is 0.176. The monoisotopic (exact) mass is 348 g/mol. The van der Waals surface area contributed by atoms with Crippen molar-refractivity contribution in [3.05, 3.63) is 0 Å². The Kier molecular flexibility index (Phi) is 6.44. The molecule has 1 N–H and O–H groups in total. The van der Waals surface area contributed by atoms with E-state index in [0.717, 1.165) is 25.0 Å². The van der Waals surface area contributed by atoms with Gasteiger partial charge in [-0.15, -0.1) is 0 Å². The number of nitrogens with zero attached hydrogens (tertiary/aromatic N) is 1. The molecule has 0 aromatic heterocycles. The minimum Gasteiger partial charge on any atom is -0.335 e. The molecule has 2 fully saturated rings. The average molecular weight is 349 g/mol. The standard InChI is InChI=1S/C15H28N2O3S2/c1-3-21-14-6-4-5-13(11-14)16-15(18)17-8-10-22(19,20)9-7-12(17)2/h12-14H,3-11H2,1-2H3,(H,16,18)/t12-,13-,14-/m1/s1. The molecule has 0 bridgehead atoms. The highest BCUT2D eigenvalue weighted by atomic mass is 32.2. The van der Waals surface area contributed by atoms with Crippen molar-refractivity contribution in [3.8, 4) is 0 Å². The molecule has 0 aromatic carbocycles. The van der Waals surface area contributed by atoms with E-state index in [1.807, 2.05) is 18.7 Å². The van der Waals surface area contributed by atoms with Crippen LogP contribution in [0.5, 0.6) is 0 Å². The van der Waals surface area contributed by atoms with Gasteiger partial charge in [0, 0.05) is 23.9 Å². The quantitative estimate of drug-likeness (QED) is 0.850. The first-order valence-corrected chi connectivity index (χ1v) is 11.2. The minimum absolute atomic E-state index is 0.0123. The molecule has 1 aliphatic carbocycles. The number of hydrogen-bond acceptors (Lipinski definition) is 4. The van der Waals surface area contributed by atoms with Gasteiger partial charge in [0.2, 0.25) is 0 Å². The number of thioether (sulfide) groups is 1. The average Bonchev–Trinajstić information content (AvgIpc) is 2.59. The molecule has 0 spiro atoms. The molecule has 2 rings (SSSR count). The predicted octanol–water partition coefficient (Wildman–Crippen LogP) is 2.27. The molecular formula is C15H28N2O3S2. The molecule has 128 valence electrons. The Bertz CT molecular complexity index is 479. The highest BCUT2D eigenvalue weighted by molar-refractivity contribution is 7.99. The maximum absolute atomic E-state index is 12.5. The van der Waals surface area contributed by atoms with Gasteiger partial charge < -0.3 is 10.2 Å². The lowest BCUT2D eigenvalue weighted by Gasteiger charge is -2.33. The van der Waals surface area contributed by atoms with Crippen LogP contribution in [0.4, 0.5) is 4.79 Å². The third-order valence-corrected chi connectivity index (χ3v) is 7.53. The molecule has 0 radical (unpaired) electrons. The van der Waals surface area contributed by atoms with Crippen LogP contribution < -0.4 is 5.32 Å². The topological polar surface area (TPSA) is 66.5 Å². The first-order chi connectivity index (χ1) is 10.4. The van der Waals surface area contributed by atoms with Gasteiger partial charge in [-0.2, -0.15) is 11.8 Å². The Labute approximate surface area is 138 Å². The number of urea groups is 1. The van der Waals surface area contributed by atoms with Crippen molar-refractivity contribution in [2.24, 2.45) is 0 Å². The fourth-order valence-electron chi connectivity index (χ4n) is 3.29. The number of hydrogen-bond donors (Lipinski definition) is 1. The first kappa shape index (κ1) is 17.9. The van der Waals surface area contributed by atoms with Gasteiger partial charge in [0.15, 0.2) is 9.84 Å². The van der Waals surface area contributed by atoms with Crippen molar-refractivity contribution in [1.82, 2.24) is 10.2 Å². The van der Waals surface area contributed by atoms with Gasteiger partial charge in [0.05, 0.1) is 11.5 Å². The highest BCUT2D eigenvalue weighted by Gasteiger charge is 2.30. The second-order valence-corrected chi connectivity index (χ2v) is 10.3. The SMILES string of the molecule is CCS[C@@H]1CCC[C@@H](NC(=O)N2CCS(=O)(=O)CC[C@H]2C)C1. The third-order valence-electron chi connectivity index (χ3n) is 4.64. The molecule has 22 heavy (non-hydrogen) atoms. The second-order valence-electron chi connectivity index (χ2n) is 6.37. The molecule has 1 heterocycles. The zero-order chi connectivity index (χ0) is 16.2. The van der Waals surface area contributed by atoms with Crippen LogP contribution in [0.25, 0.3) is 0 Å². The van der Waals surface area contributed by atoms with Crippen LogP contribution in [0.3, 0.4) is 0 Å². The molecule has 3 atom stereocenters. The third kappa shape index (κ3) is 5.05. The summed E-state index contributed by atoms with van der Waals surface area (Å²) in [5.74, 6) is 1.40. The summed E-state index contributed by atoms with van der Waals surface area (Å²) < 4.78 is 23.5. The highest BCUT2D eigenvalue weighted by Crippen LogP contribution is 2.28. The van der Waals surface area contributed by atoms with Crippen LogP contribution in [0.2, 0.25) is 0 Å². The summed E-state index contributed by atoms with van der Waals surface area (Å²) >= 11 is 1.98. The van der Waals surface area contributed by atoms with Crippen LogP contribution in [0, 0.1) is 0 Å². The van der Waals surface area contributed by atoms with Crippen molar-refractivity contribution in [2.45, 2.75) is 63.3 Å². The van der Waals surface area contributed by atoms with E-state index < -0.39 is 9.84 Å². The molecule has 5 nitrogen and oxygen atoms in total. The molecule has 0 aromatic rings. The Balaban J connectivity index is 1.90. The molecule has 1 saturated heterocycles. The van der Waals surface area contributed by atoms with Gasteiger partial charge >= 0.3 is 6.03 Å². The second kappa shape index (κ2) is 7.90. The molecule has 2 aliphatic rings. The molecule has 7 heteroatoms. The van der Waals surface area contributed by atoms with Crippen molar-refractivity contribution >= 4 is 27.6 Å². The Morgan fingerprint density at radius 2 is 2.05 bits per heavy atom. The summed E-state index contributed by atoms with van der Waals surface area (Å²) in [6.45, 7) is 4.43. The fourth-order valence-corrected chi connectivity index (χ4v) is 5.84. The van der Waals surface area contributed by atoms with Crippen molar-refractivity contribution in [1.29, 1.82) is 0 Å². The van der Waals surface area contributed by atoms with Crippen LogP contribution in [-0.2, 0) is 9.84 Å². The van der Waals surface area contributed by atoms with Crippen LogP contribution >= 0.6 is 11.8 Å². The summed E-state index contributed by atoms with van der Waals surface area (Å²) in [5.41, 5.74) is 0. The number of sulfone groups is 1. The predicted molar refractivity (Wildman–Crippen MR) is 92.1 cm³/mol. The van der Waals surface area contributed by atoms with Gasteiger partial charge in [-0.1, -0.05) is 13.3 Å². The van der Waals surface area contributed by atoms with Crippen molar-refractivity contribution in [2.75, 3.05) is 23.8 Å². The summed E-state index contributed by atoms with van der Waals surface area (Å²) in [6.07, 6.45) is 5.00. The molecule has 0 unspecified atom stereocenters. The smallest absolute Gasteiger partial charge is 0.317 e. The van der Waals surface area contributed by atoms with Crippen molar-refractivity contribution < 1.29 is 13.2 Å². The van der Waals surface area contributed by atoms with E-state index in [9.17, 15) is 13.2 Å². The zero-order valence-electron chi connectivity index (χ0n) is 13.6. The maximum atomic E-state index is 12.5. The van der Waals surface area contributed by atoms with E-state index >= 15 is 0 Å². The van der Waals surface area contributed by atoms with E-state index in [1.54, 1.807) is 4.90 Å². The Hall–Kier alpha value is -0.430. The summed E-state index contributed by atoms with van der Waals surface area (Å²) in [4.78, 5) is 14.2. The number of rotatable bonds is 3. The molecule has 1 saturated carbocycles. The molecular weight excluding hydrogens is 320 g/mol. The minimum atomic E-state index is -2.99. The van der Waals surface area contributed by atoms with Gasteiger partial charge in [-0.3, -0.25) is 0 Å². The molecule has 2 amide bonds. The first-order valence-electron chi connectivity index (χ1n) is 8.30. The van der Waals surface area contributed by atoms with Gasteiger partial charge in [-0.05, 0) is 38.4 Å². The lowest BCUT2D eigenvalue weighted by Crippen LogP contribution is -2.50. The summed E-state index contributed by atoms with van der Waals surface area (Å²) in [5, 5.41) is 3.79. The largest absolute Gasteiger partial charge is 0.335 e. The van der Waals surface area contributed by atoms with Gasteiger partial charge in [-0.25, -0.2) is 13.2 Å². The van der Waals surface area contributed by atoms with Crippen LogP contribution in [0.1, 0.15) is 46.0 Å². The summed E-state index contributed by atoms with van der Waals surface area (Å²) in [7, 11) is -2.99. The van der Waals surface area contributed by atoms with E-state index in [4.69, 9.17) is 0 Å². The van der Waals surface area contributed by atoms with Gasteiger partial charge in [0.1, 0.15) is 0 Å². The van der Waals surface area contributed by atoms with Gasteiger partial charge in [0.25, 0.3) is 0 Å². The van der Waals surface area contributed by atoms with Crippen LogP contribution in [0.15, 0.2) is 0 Å². The van der Waals surface area contributed by atoms with E-state index in [0.29, 0.717) is 18.2 Å². The number of carbonyl (C=O) groups is 1. The number of amides is 2. The van der Waals surface area contributed by atoms with E-state index in [2.05, 4.69) is 12.2 Å². The zero-order valence-corrected chi connectivity index (χ0v) is 15.2. The Morgan fingerprint density at radius 3 is 2.77 bits per heavy atom. The summed E-state index contributed by atoms with van der Waals surface area (Å²) in [6, 6.07) is 0.135. The normalized spacial score (nSPS) is 32.3. The fraction of sp³-hybridized carbons (Fsp3) is 0.933. The van der Waals surface area contributed by atoms with E-state index in [-0.39, 0.29) is 29.6 Å². The van der Waals surface area contributed by atoms with Crippen molar-refractivity contribution in [3.63, 3.8) is 0 Å².